The summed E-state index contributed by atoms with van der Waals surface area (Å²) in [5, 5.41) is 10.6. The minimum absolute atomic E-state index is 0.0953. The molecule has 0 aromatic carbocycles. The van der Waals surface area contributed by atoms with Crippen LogP contribution in [0.1, 0.15) is 23.3 Å². The molecule has 3 rings (SSSR count). The first-order valence-electron chi connectivity index (χ1n) is 7.08. The molecule has 0 unspecified atom stereocenters. The van der Waals surface area contributed by atoms with E-state index >= 15 is 0 Å². The molecular weight excluding hydrogens is 318 g/mol. The van der Waals surface area contributed by atoms with Crippen LogP contribution in [0.25, 0.3) is 0 Å². The van der Waals surface area contributed by atoms with Crippen LogP contribution in [0.5, 0.6) is 0 Å². The maximum Gasteiger partial charge on any atom is 0.276 e. The molecule has 1 atom stereocenters. The van der Waals surface area contributed by atoms with E-state index in [0.717, 1.165) is 6.42 Å². The normalized spacial score (nSPS) is 17.7. The van der Waals surface area contributed by atoms with Crippen LogP contribution < -0.4 is 11.1 Å². The molecule has 120 valence electrons. The van der Waals surface area contributed by atoms with Crippen molar-refractivity contribution in [1.82, 2.24) is 25.1 Å². The zero-order valence-electron chi connectivity index (χ0n) is 12.2. The van der Waals surface area contributed by atoms with Gasteiger partial charge in [-0.25, -0.2) is 9.97 Å². The first kappa shape index (κ1) is 15.3. The SMILES string of the molecule is Nc1nccnc1C(=O)N1CCC[C@@H](C(=O)Nc2nncs2)C1. The number of likely N-dealkylation sites (tertiary alicyclic amines) is 1. The summed E-state index contributed by atoms with van der Waals surface area (Å²) in [7, 11) is 0. The zero-order chi connectivity index (χ0) is 16.2. The standard InChI is InChI=1S/C13H15N7O2S/c14-10-9(15-3-4-16-10)12(22)20-5-1-2-8(6-20)11(21)18-13-19-17-7-23-13/h3-4,7-8H,1-2,5-6H2,(H2,14,16)(H,18,19,21)/t8-/m1/s1. The summed E-state index contributed by atoms with van der Waals surface area (Å²) in [6.07, 6.45) is 4.30. The fraction of sp³-hybridized carbons (Fsp3) is 0.385. The van der Waals surface area contributed by atoms with Crippen LogP contribution in [0, 0.1) is 5.92 Å². The zero-order valence-corrected chi connectivity index (χ0v) is 13.0. The monoisotopic (exact) mass is 333 g/mol. The van der Waals surface area contributed by atoms with E-state index in [1.54, 1.807) is 10.4 Å². The van der Waals surface area contributed by atoms with Crippen molar-refractivity contribution in [3.05, 3.63) is 23.6 Å². The molecule has 23 heavy (non-hydrogen) atoms. The van der Waals surface area contributed by atoms with Gasteiger partial charge in [0.2, 0.25) is 11.0 Å². The highest BCUT2D eigenvalue weighted by atomic mass is 32.1. The van der Waals surface area contributed by atoms with Crippen molar-refractivity contribution in [3.8, 4) is 0 Å². The number of anilines is 2. The van der Waals surface area contributed by atoms with Gasteiger partial charge in [0.1, 0.15) is 5.51 Å². The van der Waals surface area contributed by atoms with Gasteiger partial charge in [-0.15, -0.1) is 10.2 Å². The van der Waals surface area contributed by atoms with Crippen molar-refractivity contribution in [1.29, 1.82) is 0 Å². The summed E-state index contributed by atoms with van der Waals surface area (Å²) >= 11 is 1.25. The summed E-state index contributed by atoms with van der Waals surface area (Å²) in [5.74, 6) is -0.664. The summed E-state index contributed by atoms with van der Waals surface area (Å²) in [5.41, 5.74) is 7.37. The Morgan fingerprint density at radius 2 is 2.17 bits per heavy atom. The molecule has 3 heterocycles. The molecular formula is C13H15N7O2S. The molecule has 9 nitrogen and oxygen atoms in total. The van der Waals surface area contributed by atoms with E-state index in [1.165, 1.54) is 23.7 Å². The molecule has 2 aromatic heterocycles. The quantitative estimate of drug-likeness (QED) is 0.832. The first-order chi connectivity index (χ1) is 11.1. The summed E-state index contributed by atoms with van der Waals surface area (Å²) in [6.45, 7) is 0.886. The van der Waals surface area contributed by atoms with Crippen LogP contribution in [-0.4, -0.2) is 50.0 Å². The first-order valence-corrected chi connectivity index (χ1v) is 7.96. The third-order valence-corrected chi connectivity index (χ3v) is 4.21. The van der Waals surface area contributed by atoms with E-state index < -0.39 is 0 Å². The Labute approximate surface area is 135 Å². The summed E-state index contributed by atoms with van der Waals surface area (Å²) in [4.78, 5) is 34.2. The molecule has 0 radical (unpaired) electrons. The Balaban J connectivity index is 1.67. The minimum Gasteiger partial charge on any atom is -0.382 e. The highest BCUT2D eigenvalue weighted by Gasteiger charge is 2.30. The number of amides is 2. The van der Waals surface area contributed by atoms with Gasteiger partial charge in [0.05, 0.1) is 5.92 Å². The van der Waals surface area contributed by atoms with Gasteiger partial charge in [0, 0.05) is 25.5 Å². The number of nitrogens with zero attached hydrogens (tertiary/aromatic N) is 5. The lowest BCUT2D eigenvalue weighted by molar-refractivity contribution is -0.121. The Morgan fingerprint density at radius 1 is 1.35 bits per heavy atom. The van der Waals surface area contributed by atoms with E-state index in [0.29, 0.717) is 24.6 Å². The predicted octanol–water partition coefficient (Wildman–Crippen LogP) is 0.401. The van der Waals surface area contributed by atoms with E-state index in [-0.39, 0.29) is 29.2 Å². The molecule has 2 aromatic rings. The molecule has 0 bridgehead atoms. The van der Waals surface area contributed by atoms with Crippen LogP contribution >= 0.6 is 11.3 Å². The largest absolute Gasteiger partial charge is 0.382 e. The number of rotatable bonds is 3. The molecule has 1 fully saturated rings. The highest BCUT2D eigenvalue weighted by Crippen LogP contribution is 2.21. The van der Waals surface area contributed by atoms with Crippen LogP contribution in [-0.2, 0) is 4.79 Å². The maximum absolute atomic E-state index is 12.5. The Kier molecular flexibility index (Phi) is 4.42. The average Bonchev–Trinajstić information content (AvgIpc) is 3.08. The van der Waals surface area contributed by atoms with Gasteiger partial charge in [-0.2, -0.15) is 0 Å². The Hall–Kier alpha value is -2.62. The Bertz CT molecular complexity index is 706. The second kappa shape index (κ2) is 6.65. The van der Waals surface area contributed by atoms with Crippen LogP contribution in [0.2, 0.25) is 0 Å². The fourth-order valence-electron chi connectivity index (χ4n) is 2.47. The van der Waals surface area contributed by atoms with Gasteiger partial charge < -0.3 is 16.0 Å². The van der Waals surface area contributed by atoms with Gasteiger partial charge in [-0.3, -0.25) is 9.59 Å². The fourth-order valence-corrected chi connectivity index (χ4v) is 2.92. The second-order valence-electron chi connectivity index (χ2n) is 5.11. The van der Waals surface area contributed by atoms with Crippen LogP contribution in [0.4, 0.5) is 10.9 Å². The van der Waals surface area contributed by atoms with E-state index in [9.17, 15) is 9.59 Å². The van der Waals surface area contributed by atoms with Crippen molar-refractivity contribution in [2.75, 3.05) is 24.1 Å². The van der Waals surface area contributed by atoms with Gasteiger partial charge >= 0.3 is 0 Å². The number of aromatic nitrogens is 4. The average molecular weight is 333 g/mol. The molecule has 3 N–H and O–H groups in total. The molecule has 1 saturated heterocycles. The minimum atomic E-state index is -0.302. The molecule has 0 saturated carbocycles. The number of carbonyl (C=O) groups excluding carboxylic acids is 2. The maximum atomic E-state index is 12.5. The molecule has 0 spiro atoms. The number of carbonyl (C=O) groups is 2. The number of nitrogens with one attached hydrogen (secondary N) is 1. The van der Waals surface area contributed by atoms with Crippen molar-refractivity contribution in [3.63, 3.8) is 0 Å². The molecule has 10 heteroatoms. The predicted molar refractivity (Wildman–Crippen MR) is 83.6 cm³/mol. The molecule has 1 aliphatic heterocycles. The summed E-state index contributed by atoms with van der Waals surface area (Å²) in [6, 6.07) is 0. The lowest BCUT2D eigenvalue weighted by Crippen LogP contribution is -2.44. The van der Waals surface area contributed by atoms with Crippen molar-refractivity contribution in [2.24, 2.45) is 5.92 Å². The van der Waals surface area contributed by atoms with Gasteiger partial charge in [0.15, 0.2) is 11.5 Å². The number of nitrogen functional groups attached to an aromatic ring is 1. The molecule has 0 aliphatic carbocycles. The molecule has 1 aliphatic rings. The lowest BCUT2D eigenvalue weighted by atomic mass is 9.97. The number of nitrogens with two attached hydrogens (primary N) is 1. The van der Waals surface area contributed by atoms with Crippen LogP contribution in [0.3, 0.4) is 0 Å². The van der Waals surface area contributed by atoms with Crippen molar-refractivity contribution >= 4 is 34.1 Å². The number of piperidine rings is 1. The highest BCUT2D eigenvalue weighted by molar-refractivity contribution is 7.13. The van der Waals surface area contributed by atoms with E-state index in [1.807, 2.05) is 0 Å². The number of hydrogen-bond donors (Lipinski definition) is 2. The van der Waals surface area contributed by atoms with Crippen molar-refractivity contribution in [2.45, 2.75) is 12.8 Å². The Morgan fingerprint density at radius 3 is 2.91 bits per heavy atom. The second-order valence-corrected chi connectivity index (χ2v) is 5.95. The third-order valence-electron chi connectivity index (χ3n) is 3.60. The summed E-state index contributed by atoms with van der Waals surface area (Å²) < 4.78 is 0. The van der Waals surface area contributed by atoms with Gasteiger partial charge in [0.25, 0.3) is 5.91 Å². The van der Waals surface area contributed by atoms with Crippen LogP contribution in [0.15, 0.2) is 17.9 Å². The smallest absolute Gasteiger partial charge is 0.276 e. The lowest BCUT2D eigenvalue weighted by Gasteiger charge is -2.31. The van der Waals surface area contributed by atoms with E-state index in [2.05, 4.69) is 25.5 Å². The topological polar surface area (TPSA) is 127 Å². The number of hydrogen-bond acceptors (Lipinski definition) is 8. The van der Waals surface area contributed by atoms with Gasteiger partial charge in [-0.05, 0) is 12.8 Å². The van der Waals surface area contributed by atoms with Gasteiger partial charge in [-0.1, -0.05) is 11.3 Å². The van der Waals surface area contributed by atoms with Crippen molar-refractivity contribution < 1.29 is 9.59 Å². The van der Waals surface area contributed by atoms with E-state index in [4.69, 9.17) is 5.73 Å². The third kappa shape index (κ3) is 3.42. The molecule has 2 amide bonds.